The van der Waals surface area contributed by atoms with E-state index >= 15 is 0 Å². The van der Waals surface area contributed by atoms with Gasteiger partial charge in [-0.1, -0.05) is 90.8 Å². The first-order valence-electron chi connectivity index (χ1n) is 14.6. The third kappa shape index (κ3) is 7.21. The number of nitrogens with one attached hydrogen (secondary N) is 1. The number of likely N-dealkylation sites (tertiary alicyclic amines) is 1. The molecule has 0 aliphatic carbocycles. The molecule has 1 N–H and O–H groups in total. The highest BCUT2D eigenvalue weighted by Crippen LogP contribution is 2.34. The minimum absolute atomic E-state index is 0.0549. The number of carbonyl (C=O) groups excluding carboxylic acids is 2. The summed E-state index contributed by atoms with van der Waals surface area (Å²) in [6.45, 7) is 2.25. The summed E-state index contributed by atoms with van der Waals surface area (Å²) in [6.07, 6.45) is 7.04. The highest BCUT2D eigenvalue weighted by Gasteiger charge is 2.32. The number of ether oxygens (including phenoxy) is 1. The molecule has 1 amide bonds. The van der Waals surface area contributed by atoms with Crippen molar-refractivity contribution < 1.29 is 23.1 Å². The highest BCUT2D eigenvalue weighted by atomic mass is 19.3. The van der Waals surface area contributed by atoms with Gasteiger partial charge in [0.2, 0.25) is 0 Å². The molecular formula is C37H34F2N2O3. The Hall–Kier alpha value is -4.80. The van der Waals surface area contributed by atoms with Gasteiger partial charge in [0.05, 0.1) is 0 Å². The summed E-state index contributed by atoms with van der Waals surface area (Å²) in [7, 11) is 0. The van der Waals surface area contributed by atoms with E-state index in [0.717, 1.165) is 38.4 Å². The van der Waals surface area contributed by atoms with E-state index < -0.39 is 12.0 Å². The Bertz CT molecular complexity index is 1620. The van der Waals surface area contributed by atoms with Crippen molar-refractivity contribution in [1.82, 2.24) is 4.90 Å². The zero-order chi connectivity index (χ0) is 31.1. The van der Waals surface area contributed by atoms with Crippen LogP contribution in [0.1, 0.15) is 58.8 Å². The van der Waals surface area contributed by atoms with E-state index in [-0.39, 0.29) is 24.0 Å². The Balaban J connectivity index is 1.23. The first-order chi connectivity index (χ1) is 21.2. The SMILES string of the molecule is C#CCOC(=O)C(c1ccccc1)N1CCC(c2ccc(NC(=O)c3ccccc3-c3ccc(C(C)(F)F)cc3)cc2)CC1. The average molecular weight is 593 g/mol. The molecule has 7 heteroatoms. The fraction of sp³-hybridized carbons (Fsp3) is 0.243. The second-order valence-corrected chi connectivity index (χ2v) is 11.0. The summed E-state index contributed by atoms with van der Waals surface area (Å²) in [4.78, 5) is 28.3. The van der Waals surface area contributed by atoms with Gasteiger partial charge >= 0.3 is 5.97 Å². The van der Waals surface area contributed by atoms with Crippen molar-refractivity contribution in [3.05, 3.63) is 125 Å². The van der Waals surface area contributed by atoms with Crippen LogP contribution in [0.3, 0.4) is 0 Å². The molecule has 5 nitrogen and oxygen atoms in total. The zero-order valence-corrected chi connectivity index (χ0v) is 24.5. The van der Waals surface area contributed by atoms with Crippen LogP contribution in [-0.4, -0.2) is 36.5 Å². The molecule has 1 atom stereocenters. The lowest BCUT2D eigenvalue weighted by Gasteiger charge is -2.36. The van der Waals surface area contributed by atoms with Crippen LogP contribution in [0, 0.1) is 12.3 Å². The lowest BCUT2D eigenvalue weighted by atomic mass is 9.88. The second kappa shape index (κ2) is 13.7. The summed E-state index contributed by atoms with van der Waals surface area (Å²) < 4.78 is 32.7. The first-order valence-corrected chi connectivity index (χ1v) is 14.6. The van der Waals surface area contributed by atoms with Gasteiger partial charge in [-0.05, 0) is 72.3 Å². The summed E-state index contributed by atoms with van der Waals surface area (Å²) in [5.41, 5.74) is 4.44. The van der Waals surface area contributed by atoms with Crippen molar-refractivity contribution in [1.29, 1.82) is 0 Å². The molecular weight excluding hydrogens is 558 g/mol. The molecule has 1 unspecified atom stereocenters. The molecule has 0 aromatic heterocycles. The monoisotopic (exact) mass is 592 g/mol. The number of terminal acetylenes is 1. The molecule has 4 aromatic rings. The average Bonchev–Trinajstić information content (AvgIpc) is 3.05. The fourth-order valence-corrected chi connectivity index (χ4v) is 5.73. The van der Waals surface area contributed by atoms with Crippen molar-refractivity contribution in [3.8, 4) is 23.5 Å². The number of hydrogen-bond donors (Lipinski definition) is 1. The molecule has 0 bridgehead atoms. The number of amides is 1. The Labute approximate surface area is 256 Å². The predicted octanol–water partition coefficient (Wildman–Crippen LogP) is 7.81. The van der Waals surface area contributed by atoms with Gasteiger partial charge in [-0.3, -0.25) is 9.69 Å². The van der Waals surface area contributed by atoms with Crippen molar-refractivity contribution in [2.24, 2.45) is 0 Å². The van der Waals surface area contributed by atoms with Crippen LogP contribution in [0.2, 0.25) is 0 Å². The van der Waals surface area contributed by atoms with Gasteiger partial charge in [-0.25, -0.2) is 13.6 Å². The summed E-state index contributed by atoms with van der Waals surface area (Å²) in [5.74, 6) is -0.871. The van der Waals surface area contributed by atoms with Crippen LogP contribution in [0.25, 0.3) is 11.1 Å². The number of benzene rings is 4. The largest absolute Gasteiger partial charge is 0.451 e. The number of alkyl halides is 2. The van der Waals surface area contributed by atoms with Crippen molar-refractivity contribution in [3.63, 3.8) is 0 Å². The van der Waals surface area contributed by atoms with Crippen molar-refractivity contribution in [2.45, 2.75) is 37.6 Å². The smallest absolute Gasteiger partial charge is 0.328 e. The Morgan fingerprint density at radius 3 is 2.20 bits per heavy atom. The van der Waals surface area contributed by atoms with E-state index in [9.17, 15) is 18.4 Å². The fourth-order valence-electron chi connectivity index (χ4n) is 5.73. The van der Waals surface area contributed by atoms with Gasteiger partial charge in [-0.2, -0.15) is 0 Å². The predicted molar refractivity (Wildman–Crippen MR) is 168 cm³/mol. The van der Waals surface area contributed by atoms with Crippen LogP contribution < -0.4 is 5.32 Å². The maximum Gasteiger partial charge on any atom is 0.328 e. The van der Waals surface area contributed by atoms with Crippen LogP contribution in [0.15, 0.2) is 103 Å². The van der Waals surface area contributed by atoms with Gasteiger partial charge in [-0.15, -0.1) is 6.42 Å². The minimum Gasteiger partial charge on any atom is -0.451 e. The van der Waals surface area contributed by atoms with E-state index in [2.05, 4.69) is 16.1 Å². The normalized spacial score (nSPS) is 14.8. The van der Waals surface area contributed by atoms with Crippen LogP contribution in [0.5, 0.6) is 0 Å². The molecule has 44 heavy (non-hydrogen) atoms. The molecule has 0 saturated carbocycles. The van der Waals surface area contributed by atoms with E-state index in [0.29, 0.717) is 28.3 Å². The van der Waals surface area contributed by atoms with Crippen LogP contribution >= 0.6 is 0 Å². The van der Waals surface area contributed by atoms with E-state index in [4.69, 9.17) is 11.2 Å². The molecule has 0 radical (unpaired) electrons. The number of rotatable bonds is 9. The van der Waals surface area contributed by atoms with E-state index in [1.54, 1.807) is 30.3 Å². The first kappa shape index (κ1) is 30.7. The lowest BCUT2D eigenvalue weighted by molar-refractivity contribution is -0.149. The number of halogens is 2. The summed E-state index contributed by atoms with van der Waals surface area (Å²) in [6, 6.07) is 30.1. The molecule has 0 spiro atoms. The molecule has 1 saturated heterocycles. The molecule has 224 valence electrons. The third-order valence-corrected chi connectivity index (χ3v) is 8.05. The van der Waals surface area contributed by atoms with Gasteiger partial charge < -0.3 is 10.1 Å². The molecule has 1 aliphatic rings. The molecule has 1 aliphatic heterocycles. The highest BCUT2D eigenvalue weighted by molar-refractivity contribution is 6.08. The molecule has 4 aromatic carbocycles. The number of carbonyl (C=O) groups is 2. The maximum absolute atomic E-state index is 13.7. The Morgan fingerprint density at radius 2 is 1.57 bits per heavy atom. The van der Waals surface area contributed by atoms with Gasteiger partial charge in [0.25, 0.3) is 11.8 Å². The number of piperidine rings is 1. The third-order valence-electron chi connectivity index (χ3n) is 8.05. The van der Waals surface area contributed by atoms with Crippen LogP contribution in [0.4, 0.5) is 14.5 Å². The molecule has 5 rings (SSSR count). The Kier molecular flexibility index (Phi) is 9.52. The number of esters is 1. The zero-order valence-electron chi connectivity index (χ0n) is 24.5. The summed E-state index contributed by atoms with van der Waals surface area (Å²) in [5, 5.41) is 2.97. The lowest BCUT2D eigenvalue weighted by Crippen LogP contribution is -2.40. The van der Waals surface area contributed by atoms with Crippen LogP contribution in [-0.2, 0) is 15.5 Å². The standard InChI is InChI=1S/C37H34F2N2O3/c1-3-25-44-36(43)34(29-9-5-4-6-10-29)41-23-21-27(22-24-41)26-15-19-31(20-16-26)40-35(42)33-12-8-7-11-32(33)28-13-17-30(18-14-28)37(2,38)39/h1,4-20,27,34H,21-25H2,2H3,(H,40,42). The number of nitrogens with zero attached hydrogens (tertiary/aromatic N) is 1. The topological polar surface area (TPSA) is 58.6 Å². The van der Waals surface area contributed by atoms with Crippen molar-refractivity contribution >= 4 is 17.6 Å². The maximum atomic E-state index is 13.7. The molecule has 1 fully saturated rings. The summed E-state index contributed by atoms with van der Waals surface area (Å²) >= 11 is 0. The van der Waals surface area contributed by atoms with Gasteiger partial charge in [0.15, 0.2) is 6.61 Å². The quantitative estimate of drug-likeness (QED) is 0.159. The number of anilines is 1. The Morgan fingerprint density at radius 1 is 0.932 bits per heavy atom. The number of hydrogen-bond acceptors (Lipinski definition) is 4. The van der Waals surface area contributed by atoms with E-state index in [1.807, 2.05) is 60.7 Å². The van der Waals surface area contributed by atoms with Gasteiger partial charge in [0, 0.05) is 23.7 Å². The minimum atomic E-state index is -2.93. The van der Waals surface area contributed by atoms with Crippen molar-refractivity contribution in [2.75, 3.05) is 25.0 Å². The van der Waals surface area contributed by atoms with Gasteiger partial charge in [0.1, 0.15) is 6.04 Å². The van der Waals surface area contributed by atoms with E-state index in [1.165, 1.54) is 17.7 Å². The molecule has 1 heterocycles. The second-order valence-electron chi connectivity index (χ2n) is 11.0.